The molecule has 2 aromatic heterocycles. The average molecular weight is 286 g/mol. The number of aromatic nitrogens is 2. The van der Waals surface area contributed by atoms with E-state index >= 15 is 0 Å². The molecule has 2 aromatic rings. The molecule has 7 nitrogen and oxygen atoms in total. The van der Waals surface area contributed by atoms with E-state index in [1.165, 1.54) is 24.9 Å². The third kappa shape index (κ3) is 2.76. The van der Waals surface area contributed by atoms with Crippen molar-refractivity contribution in [2.45, 2.75) is 25.2 Å². The summed E-state index contributed by atoms with van der Waals surface area (Å²) >= 11 is 0. The molecule has 0 atom stereocenters. The molecule has 21 heavy (non-hydrogen) atoms. The highest BCUT2D eigenvalue weighted by molar-refractivity contribution is 6.02. The van der Waals surface area contributed by atoms with Crippen molar-refractivity contribution in [2.75, 3.05) is 5.32 Å². The van der Waals surface area contributed by atoms with Gasteiger partial charge in [0.15, 0.2) is 11.6 Å². The van der Waals surface area contributed by atoms with Gasteiger partial charge < -0.3 is 15.5 Å². The number of carbonyl (C=O) groups is 2. The number of amides is 2. The third-order valence-corrected chi connectivity index (χ3v) is 3.48. The Labute approximate surface area is 120 Å². The highest BCUT2D eigenvalue weighted by atomic mass is 16.3. The molecule has 1 saturated carbocycles. The Kier molecular flexibility index (Phi) is 3.39. The van der Waals surface area contributed by atoms with Gasteiger partial charge in [0.1, 0.15) is 12.0 Å². The second-order valence-corrected chi connectivity index (χ2v) is 4.95. The lowest BCUT2D eigenvalue weighted by Crippen LogP contribution is -2.15. The summed E-state index contributed by atoms with van der Waals surface area (Å²) in [5.41, 5.74) is 5.92. The number of carbonyl (C=O) groups excluding carboxylic acids is 2. The number of hydrogen-bond donors (Lipinski definition) is 2. The van der Waals surface area contributed by atoms with E-state index in [2.05, 4.69) is 15.3 Å². The smallest absolute Gasteiger partial charge is 0.277 e. The molecule has 1 fully saturated rings. The Hall–Kier alpha value is -2.70. The van der Waals surface area contributed by atoms with E-state index in [0.29, 0.717) is 17.5 Å². The van der Waals surface area contributed by atoms with Crippen molar-refractivity contribution < 1.29 is 14.0 Å². The molecule has 3 N–H and O–H groups in total. The van der Waals surface area contributed by atoms with Crippen LogP contribution >= 0.6 is 0 Å². The summed E-state index contributed by atoms with van der Waals surface area (Å²) in [6, 6.07) is 3.00. The van der Waals surface area contributed by atoms with Gasteiger partial charge in [0, 0.05) is 5.92 Å². The number of oxazole rings is 1. The molecule has 1 aliphatic rings. The van der Waals surface area contributed by atoms with Gasteiger partial charge in [-0.05, 0) is 25.0 Å². The molecule has 0 aromatic carbocycles. The molecule has 7 heteroatoms. The van der Waals surface area contributed by atoms with Gasteiger partial charge in [0.05, 0.1) is 11.9 Å². The molecule has 1 aliphatic carbocycles. The predicted molar refractivity (Wildman–Crippen MR) is 73.8 cm³/mol. The first kappa shape index (κ1) is 13.3. The van der Waals surface area contributed by atoms with Crippen LogP contribution in [0.2, 0.25) is 0 Å². The van der Waals surface area contributed by atoms with Crippen LogP contribution in [-0.4, -0.2) is 21.8 Å². The SMILES string of the molecule is NC(=O)c1ccc(NC(=O)c2coc(C3CCC3)n2)cn1. The summed E-state index contributed by atoms with van der Waals surface area (Å²) in [4.78, 5) is 31.0. The maximum Gasteiger partial charge on any atom is 0.277 e. The minimum absolute atomic E-state index is 0.140. The van der Waals surface area contributed by atoms with Crippen LogP contribution in [0.1, 0.15) is 52.0 Å². The zero-order chi connectivity index (χ0) is 14.8. The van der Waals surface area contributed by atoms with Gasteiger partial charge in [-0.15, -0.1) is 0 Å². The first-order valence-electron chi connectivity index (χ1n) is 6.66. The molecule has 0 aliphatic heterocycles. The van der Waals surface area contributed by atoms with Gasteiger partial charge in [-0.2, -0.15) is 0 Å². The quantitative estimate of drug-likeness (QED) is 0.888. The van der Waals surface area contributed by atoms with Crippen LogP contribution in [0.5, 0.6) is 0 Å². The Bertz CT molecular complexity index is 674. The lowest BCUT2D eigenvalue weighted by atomic mass is 9.85. The maximum atomic E-state index is 12.0. The minimum Gasteiger partial charge on any atom is -0.448 e. The van der Waals surface area contributed by atoms with E-state index in [-0.39, 0.29) is 17.3 Å². The van der Waals surface area contributed by atoms with Crippen LogP contribution < -0.4 is 11.1 Å². The minimum atomic E-state index is -0.616. The van der Waals surface area contributed by atoms with Crippen molar-refractivity contribution in [2.24, 2.45) is 5.73 Å². The van der Waals surface area contributed by atoms with Crippen LogP contribution in [0.3, 0.4) is 0 Å². The van der Waals surface area contributed by atoms with Crippen molar-refractivity contribution in [1.29, 1.82) is 0 Å². The number of hydrogen-bond acceptors (Lipinski definition) is 5. The fourth-order valence-electron chi connectivity index (χ4n) is 2.04. The van der Waals surface area contributed by atoms with E-state index in [4.69, 9.17) is 10.2 Å². The summed E-state index contributed by atoms with van der Waals surface area (Å²) in [5, 5.41) is 2.64. The van der Waals surface area contributed by atoms with Crippen LogP contribution in [0.25, 0.3) is 0 Å². The summed E-state index contributed by atoms with van der Waals surface area (Å²) in [7, 11) is 0. The standard InChI is InChI=1S/C14H14N4O3/c15-12(19)10-5-4-9(6-16-10)17-13(20)11-7-21-14(18-11)8-2-1-3-8/h4-8H,1-3H2,(H2,15,19)(H,17,20). The molecular weight excluding hydrogens is 272 g/mol. The van der Waals surface area contributed by atoms with Crippen LogP contribution in [0.4, 0.5) is 5.69 Å². The Morgan fingerprint density at radius 2 is 2.10 bits per heavy atom. The number of nitrogens with zero attached hydrogens (tertiary/aromatic N) is 2. The Balaban J connectivity index is 1.67. The number of anilines is 1. The van der Waals surface area contributed by atoms with E-state index in [1.807, 2.05) is 0 Å². The van der Waals surface area contributed by atoms with Crippen molar-refractivity contribution in [3.63, 3.8) is 0 Å². The maximum absolute atomic E-state index is 12.0. The molecule has 0 bridgehead atoms. The van der Waals surface area contributed by atoms with Crippen LogP contribution in [-0.2, 0) is 0 Å². The molecule has 0 radical (unpaired) electrons. The number of rotatable bonds is 4. The fourth-order valence-corrected chi connectivity index (χ4v) is 2.04. The van der Waals surface area contributed by atoms with Gasteiger partial charge in [-0.25, -0.2) is 9.97 Å². The number of primary amides is 1. The van der Waals surface area contributed by atoms with E-state index in [0.717, 1.165) is 12.8 Å². The number of nitrogens with one attached hydrogen (secondary N) is 1. The second kappa shape index (κ2) is 5.35. The summed E-state index contributed by atoms with van der Waals surface area (Å²) < 4.78 is 5.33. The van der Waals surface area contributed by atoms with E-state index in [9.17, 15) is 9.59 Å². The lowest BCUT2D eigenvalue weighted by molar-refractivity contribution is 0.0994. The van der Waals surface area contributed by atoms with E-state index in [1.54, 1.807) is 6.07 Å². The van der Waals surface area contributed by atoms with E-state index < -0.39 is 5.91 Å². The fraction of sp³-hybridized carbons (Fsp3) is 0.286. The second-order valence-electron chi connectivity index (χ2n) is 4.95. The molecule has 2 heterocycles. The van der Waals surface area contributed by atoms with Crippen LogP contribution in [0, 0.1) is 0 Å². The predicted octanol–water partition coefficient (Wildman–Crippen LogP) is 1.69. The summed E-state index contributed by atoms with van der Waals surface area (Å²) in [6.45, 7) is 0. The number of nitrogens with two attached hydrogens (primary N) is 1. The topological polar surface area (TPSA) is 111 Å². The van der Waals surface area contributed by atoms with Gasteiger partial charge in [0.2, 0.25) is 0 Å². The molecule has 0 unspecified atom stereocenters. The molecule has 0 spiro atoms. The normalized spacial score (nSPS) is 14.5. The number of pyridine rings is 1. The largest absolute Gasteiger partial charge is 0.448 e. The molecule has 2 amide bonds. The summed E-state index contributed by atoms with van der Waals surface area (Å²) in [6.07, 6.45) is 6.01. The van der Waals surface area contributed by atoms with Crippen molar-refractivity contribution >= 4 is 17.5 Å². The molecule has 108 valence electrons. The Morgan fingerprint density at radius 3 is 2.67 bits per heavy atom. The van der Waals surface area contributed by atoms with Crippen molar-refractivity contribution in [3.05, 3.63) is 41.9 Å². The lowest BCUT2D eigenvalue weighted by Gasteiger charge is -2.21. The highest BCUT2D eigenvalue weighted by Crippen LogP contribution is 2.35. The monoisotopic (exact) mass is 286 g/mol. The Morgan fingerprint density at radius 1 is 1.29 bits per heavy atom. The van der Waals surface area contributed by atoms with Gasteiger partial charge in [-0.3, -0.25) is 9.59 Å². The zero-order valence-corrected chi connectivity index (χ0v) is 11.2. The van der Waals surface area contributed by atoms with Gasteiger partial charge in [-0.1, -0.05) is 6.42 Å². The first-order chi connectivity index (χ1) is 10.1. The molecule has 3 rings (SSSR count). The highest BCUT2D eigenvalue weighted by Gasteiger charge is 2.25. The average Bonchev–Trinajstić information content (AvgIpc) is 2.86. The van der Waals surface area contributed by atoms with Crippen molar-refractivity contribution in [3.8, 4) is 0 Å². The van der Waals surface area contributed by atoms with Gasteiger partial charge in [0.25, 0.3) is 11.8 Å². The van der Waals surface area contributed by atoms with Crippen LogP contribution in [0.15, 0.2) is 29.0 Å². The van der Waals surface area contributed by atoms with Crippen molar-refractivity contribution in [1.82, 2.24) is 9.97 Å². The third-order valence-electron chi connectivity index (χ3n) is 3.48. The molecule has 0 saturated heterocycles. The van der Waals surface area contributed by atoms with Gasteiger partial charge >= 0.3 is 0 Å². The first-order valence-corrected chi connectivity index (χ1v) is 6.66. The molecular formula is C14H14N4O3. The summed E-state index contributed by atoms with van der Waals surface area (Å²) in [5.74, 6) is -0.0378. The zero-order valence-electron chi connectivity index (χ0n) is 11.2.